The first-order chi connectivity index (χ1) is 9.33. The minimum absolute atomic E-state index is 0.124. The van der Waals surface area contributed by atoms with E-state index >= 15 is 0 Å². The first kappa shape index (κ1) is 15.2. The van der Waals surface area contributed by atoms with Crippen LogP contribution < -0.4 is 4.90 Å². The van der Waals surface area contributed by atoms with Crippen LogP contribution in [0.4, 0.5) is 5.95 Å². The van der Waals surface area contributed by atoms with Crippen LogP contribution in [0.15, 0.2) is 16.9 Å². The minimum atomic E-state index is -0.413. The lowest BCUT2D eigenvalue weighted by atomic mass is 10.1. The van der Waals surface area contributed by atoms with E-state index in [9.17, 15) is 4.79 Å². The Morgan fingerprint density at radius 2 is 2.10 bits per heavy atom. The summed E-state index contributed by atoms with van der Waals surface area (Å²) in [5.74, 6) is 0.915. The van der Waals surface area contributed by atoms with Gasteiger partial charge in [0.15, 0.2) is 0 Å². The molecule has 1 unspecified atom stereocenters. The van der Waals surface area contributed by atoms with Crippen molar-refractivity contribution >= 4 is 27.8 Å². The molecule has 2 heterocycles. The molecule has 1 fully saturated rings. The van der Waals surface area contributed by atoms with E-state index < -0.39 is 5.60 Å². The predicted molar refractivity (Wildman–Crippen MR) is 80.5 cm³/mol. The third-order valence-electron chi connectivity index (χ3n) is 3.05. The van der Waals surface area contributed by atoms with E-state index in [0.29, 0.717) is 12.3 Å². The van der Waals surface area contributed by atoms with Crippen molar-refractivity contribution in [2.24, 2.45) is 5.92 Å². The van der Waals surface area contributed by atoms with Gasteiger partial charge in [-0.3, -0.25) is 4.79 Å². The maximum atomic E-state index is 11.8. The van der Waals surface area contributed by atoms with E-state index in [0.717, 1.165) is 29.9 Å². The van der Waals surface area contributed by atoms with Crippen molar-refractivity contribution in [3.8, 4) is 0 Å². The van der Waals surface area contributed by atoms with Gasteiger partial charge in [-0.15, -0.1) is 0 Å². The van der Waals surface area contributed by atoms with Crippen LogP contribution in [0, 0.1) is 5.92 Å². The highest BCUT2D eigenvalue weighted by atomic mass is 79.9. The number of esters is 1. The Bertz CT molecular complexity index is 470. The maximum Gasteiger partial charge on any atom is 0.306 e. The fourth-order valence-corrected chi connectivity index (χ4v) is 2.47. The second kappa shape index (κ2) is 6.08. The zero-order chi connectivity index (χ0) is 14.8. The first-order valence-electron chi connectivity index (χ1n) is 6.78. The highest BCUT2D eigenvalue weighted by molar-refractivity contribution is 9.10. The van der Waals surface area contributed by atoms with Crippen molar-refractivity contribution in [2.75, 3.05) is 18.0 Å². The Morgan fingerprint density at radius 3 is 2.70 bits per heavy atom. The summed E-state index contributed by atoms with van der Waals surface area (Å²) in [5, 5.41) is 0. The molecule has 1 saturated heterocycles. The minimum Gasteiger partial charge on any atom is -0.460 e. The summed E-state index contributed by atoms with van der Waals surface area (Å²) in [4.78, 5) is 22.5. The van der Waals surface area contributed by atoms with Crippen molar-refractivity contribution in [3.05, 3.63) is 16.9 Å². The zero-order valence-corrected chi connectivity index (χ0v) is 13.7. The van der Waals surface area contributed by atoms with Crippen LogP contribution in [0.2, 0.25) is 0 Å². The summed E-state index contributed by atoms with van der Waals surface area (Å²) in [6.45, 7) is 7.36. The normalized spacial score (nSPS) is 19.2. The van der Waals surface area contributed by atoms with Crippen molar-refractivity contribution in [3.63, 3.8) is 0 Å². The molecule has 1 atom stereocenters. The van der Waals surface area contributed by atoms with Crippen LogP contribution >= 0.6 is 15.9 Å². The molecule has 110 valence electrons. The molecule has 0 saturated carbocycles. The third kappa shape index (κ3) is 4.44. The lowest BCUT2D eigenvalue weighted by Gasteiger charge is -2.21. The molecular weight excluding hydrogens is 322 g/mol. The molecule has 20 heavy (non-hydrogen) atoms. The van der Waals surface area contributed by atoms with E-state index in [2.05, 4.69) is 30.8 Å². The van der Waals surface area contributed by atoms with E-state index in [1.165, 1.54) is 0 Å². The third-order valence-corrected chi connectivity index (χ3v) is 3.46. The van der Waals surface area contributed by atoms with Crippen molar-refractivity contribution in [1.29, 1.82) is 0 Å². The quantitative estimate of drug-likeness (QED) is 0.791. The number of anilines is 1. The van der Waals surface area contributed by atoms with Gasteiger partial charge in [0.2, 0.25) is 5.95 Å². The van der Waals surface area contributed by atoms with E-state index in [1.54, 1.807) is 12.4 Å². The van der Waals surface area contributed by atoms with E-state index in [-0.39, 0.29) is 5.97 Å². The number of nitrogens with zero attached hydrogens (tertiary/aromatic N) is 3. The number of halogens is 1. The number of carbonyl (C=O) groups excluding carboxylic acids is 1. The van der Waals surface area contributed by atoms with E-state index in [1.807, 2.05) is 20.8 Å². The summed E-state index contributed by atoms with van der Waals surface area (Å²) in [5.41, 5.74) is -0.413. The summed E-state index contributed by atoms with van der Waals surface area (Å²) in [7, 11) is 0. The zero-order valence-electron chi connectivity index (χ0n) is 12.1. The van der Waals surface area contributed by atoms with Gasteiger partial charge in [0.05, 0.1) is 10.9 Å². The number of rotatable bonds is 3. The van der Waals surface area contributed by atoms with Crippen LogP contribution in [0.25, 0.3) is 0 Å². The Labute approximate surface area is 127 Å². The van der Waals surface area contributed by atoms with Gasteiger partial charge in [-0.1, -0.05) is 0 Å². The van der Waals surface area contributed by atoms with Gasteiger partial charge >= 0.3 is 5.97 Å². The molecule has 0 aliphatic carbocycles. The lowest BCUT2D eigenvalue weighted by Crippen LogP contribution is -2.26. The smallest absolute Gasteiger partial charge is 0.306 e. The fraction of sp³-hybridized carbons (Fsp3) is 0.643. The van der Waals surface area contributed by atoms with Gasteiger partial charge in [-0.2, -0.15) is 0 Å². The first-order valence-corrected chi connectivity index (χ1v) is 7.57. The number of ether oxygens (including phenoxy) is 1. The van der Waals surface area contributed by atoms with Gasteiger partial charge in [0, 0.05) is 25.5 Å². The highest BCUT2D eigenvalue weighted by Gasteiger charge is 2.28. The molecule has 2 rings (SSSR count). The SMILES string of the molecule is CC(C)(C)OC(=O)CC1CCN(c2ncc(Br)cn2)C1. The van der Waals surface area contributed by atoms with Crippen molar-refractivity contribution < 1.29 is 9.53 Å². The standard InChI is InChI=1S/C14H20BrN3O2/c1-14(2,3)20-12(19)6-10-4-5-18(9-10)13-16-7-11(15)8-17-13/h7-8,10H,4-6,9H2,1-3H3. The van der Waals surface area contributed by atoms with E-state index in [4.69, 9.17) is 4.74 Å². The molecular formula is C14H20BrN3O2. The maximum absolute atomic E-state index is 11.8. The van der Waals surface area contributed by atoms with Crippen LogP contribution in [0.1, 0.15) is 33.6 Å². The molecule has 5 nitrogen and oxygen atoms in total. The predicted octanol–water partition coefficient (Wildman–Crippen LogP) is 2.80. The topological polar surface area (TPSA) is 55.3 Å². The molecule has 1 aliphatic rings. The average molecular weight is 342 g/mol. The van der Waals surface area contributed by atoms with Crippen LogP contribution in [-0.2, 0) is 9.53 Å². The summed E-state index contributed by atoms with van der Waals surface area (Å²) in [6.07, 6.45) is 4.91. The molecule has 0 radical (unpaired) electrons. The van der Waals surface area contributed by atoms with Crippen molar-refractivity contribution in [2.45, 2.75) is 39.2 Å². The fourth-order valence-electron chi connectivity index (χ4n) is 2.27. The van der Waals surface area contributed by atoms with Crippen LogP contribution in [0.3, 0.4) is 0 Å². The van der Waals surface area contributed by atoms with Gasteiger partial charge < -0.3 is 9.64 Å². The summed E-state index contributed by atoms with van der Waals surface area (Å²) >= 11 is 3.32. The highest BCUT2D eigenvalue weighted by Crippen LogP contribution is 2.24. The number of carbonyl (C=O) groups is 1. The second-order valence-electron chi connectivity index (χ2n) is 6.09. The second-order valence-corrected chi connectivity index (χ2v) is 7.01. The van der Waals surface area contributed by atoms with Gasteiger partial charge in [0.1, 0.15) is 5.60 Å². The molecule has 0 aromatic carbocycles. The molecule has 1 aromatic heterocycles. The van der Waals surface area contributed by atoms with Gasteiger partial charge in [-0.25, -0.2) is 9.97 Å². The molecule has 0 bridgehead atoms. The Balaban J connectivity index is 1.86. The van der Waals surface area contributed by atoms with Gasteiger partial charge in [0.25, 0.3) is 0 Å². The van der Waals surface area contributed by atoms with Crippen LogP contribution in [-0.4, -0.2) is 34.6 Å². The Kier molecular flexibility index (Phi) is 4.62. The van der Waals surface area contributed by atoms with Crippen molar-refractivity contribution in [1.82, 2.24) is 9.97 Å². The Hall–Kier alpha value is -1.17. The van der Waals surface area contributed by atoms with Gasteiger partial charge in [-0.05, 0) is 49.0 Å². The number of hydrogen-bond acceptors (Lipinski definition) is 5. The van der Waals surface area contributed by atoms with Crippen LogP contribution in [0.5, 0.6) is 0 Å². The summed E-state index contributed by atoms with van der Waals surface area (Å²) < 4.78 is 6.23. The monoisotopic (exact) mass is 341 g/mol. The molecule has 0 amide bonds. The summed E-state index contributed by atoms with van der Waals surface area (Å²) in [6, 6.07) is 0. The average Bonchev–Trinajstić information content (AvgIpc) is 2.75. The number of aromatic nitrogens is 2. The molecule has 1 aromatic rings. The molecule has 1 aliphatic heterocycles. The Morgan fingerprint density at radius 1 is 1.45 bits per heavy atom. The molecule has 6 heteroatoms. The lowest BCUT2D eigenvalue weighted by molar-refractivity contribution is -0.155. The number of hydrogen-bond donors (Lipinski definition) is 0. The molecule has 0 N–H and O–H groups in total. The largest absolute Gasteiger partial charge is 0.460 e. The molecule has 0 spiro atoms.